The Kier molecular flexibility index (Phi) is 4.75. The van der Waals surface area contributed by atoms with Crippen LogP contribution in [0.25, 0.3) is 10.2 Å². The third-order valence-electron chi connectivity index (χ3n) is 4.35. The maximum atomic E-state index is 12.3. The minimum atomic E-state index is -0.0892. The highest BCUT2D eigenvalue weighted by molar-refractivity contribution is 7.18. The molecule has 0 fully saturated rings. The number of benzene rings is 2. The third kappa shape index (κ3) is 3.65. The summed E-state index contributed by atoms with van der Waals surface area (Å²) in [5, 5.41) is 4.04. The number of para-hydroxylation sites is 1. The number of amides is 1. The lowest BCUT2D eigenvalue weighted by Gasteiger charge is -2.21. The van der Waals surface area contributed by atoms with Crippen LogP contribution < -0.4 is 14.8 Å². The van der Waals surface area contributed by atoms with Crippen LogP contribution in [-0.2, 0) is 11.2 Å². The number of rotatable bonds is 5. The zero-order chi connectivity index (χ0) is 17.9. The van der Waals surface area contributed by atoms with Crippen molar-refractivity contribution in [2.45, 2.75) is 25.8 Å². The number of hydrogen-bond donors (Lipinski definition) is 1. The van der Waals surface area contributed by atoms with Crippen molar-refractivity contribution in [3.8, 4) is 11.5 Å². The number of thiazole rings is 1. The van der Waals surface area contributed by atoms with Gasteiger partial charge in [0.2, 0.25) is 5.91 Å². The molecule has 6 heteroatoms. The van der Waals surface area contributed by atoms with E-state index in [1.54, 1.807) is 11.3 Å². The first-order chi connectivity index (χ1) is 12.7. The Hall–Kier alpha value is -2.60. The van der Waals surface area contributed by atoms with E-state index in [4.69, 9.17) is 9.47 Å². The van der Waals surface area contributed by atoms with E-state index in [-0.39, 0.29) is 11.9 Å². The maximum absolute atomic E-state index is 12.3. The summed E-state index contributed by atoms with van der Waals surface area (Å²) in [5.74, 6) is 1.52. The predicted octanol–water partition coefficient (Wildman–Crippen LogP) is 3.88. The molecule has 0 unspecified atom stereocenters. The average molecular weight is 368 g/mol. The summed E-state index contributed by atoms with van der Waals surface area (Å²) in [4.78, 5) is 16.9. The Morgan fingerprint density at radius 1 is 1.19 bits per heavy atom. The molecule has 5 nitrogen and oxygen atoms in total. The first-order valence-corrected chi connectivity index (χ1v) is 9.54. The standard InChI is InChI=1S/C20H20N2O3S/c1-13(14-6-7-16-17(12-14)25-11-10-24-16)21-19(23)8-9-20-22-15-4-2-3-5-18(15)26-20/h2-7,12-13H,8-11H2,1H3,(H,21,23)/t13-/m1/s1. The van der Waals surface area contributed by atoms with Gasteiger partial charge in [-0.1, -0.05) is 18.2 Å². The van der Waals surface area contributed by atoms with E-state index in [1.165, 1.54) is 0 Å². The number of hydrogen-bond acceptors (Lipinski definition) is 5. The van der Waals surface area contributed by atoms with E-state index < -0.39 is 0 Å². The van der Waals surface area contributed by atoms with Crippen LogP contribution >= 0.6 is 11.3 Å². The van der Waals surface area contributed by atoms with E-state index in [0.29, 0.717) is 26.1 Å². The molecule has 1 aromatic heterocycles. The lowest BCUT2D eigenvalue weighted by Crippen LogP contribution is -2.27. The molecular formula is C20H20N2O3S. The second kappa shape index (κ2) is 7.33. The molecule has 1 aliphatic rings. The smallest absolute Gasteiger partial charge is 0.220 e. The number of aryl methyl sites for hydroxylation is 1. The summed E-state index contributed by atoms with van der Waals surface area (Å²) < 4.78 is 12.3. The second-order valence-corrected chi connectivity index (χ2v) is 7.38. The van der Waals surface area contributed by atoms with Gasteiger partial charge in [0.15, 0.2) is 11.5 Å². The molecule has 0 radical (unpaired) electrons. The number of carbonyl (C=O) groups is 1. The molecule has 0 bridgehead atoms. The topological polar surface area (TPSA) is 60.5 Å². The van der Waals surface area contributed by atoms with E-state index in [9.17, 15) is 4.79 Å². The molecule has 2 heterocycles. The lowest BCUT2D eigenvalue weighted by atomic mass is 10.1. The quantitative estimate of drug-likeness (QED) is 0.742. The zero-order valence-corrected chi connectivity index (χ0v) is 15.3. The molecule has 3 aromatic rings. The minimum absolute atomic E-state index is 0.0200. The van der Waals surface area contributed by atoms with Crippen molar-refractivity contribution in [2.24, 2.45) is 0 Å². The largest absolute Gasteiger partial charge is 0.486 e. The monoisotopic (exact) mass is 368 g/mol. The zero-order valence-electron chi connectivity index (χ0n) is 14.5. The van der Waals surface area contributed by atoms with E-state index in [2.05, 4.69) is 16.4 Å². The molecule has 2 aromatic carbocycles. The highest BCUT2D eigenvalue weighted by atomic mass is 32.1. The van der Waals surface area contributed by atoms with Gasteiger partial charge < -0.3 is 14.8 Å². The van der Waals surface area contributed by atoms with Crippen LogP contribution in [-0.4, -0.2) is 24.1 Å². The fraction of sp³-hybridized carbons (Fsp3) is 0.300. The summed E-state index contributed by atoms with van der Waals surface area (Å²) >= 11 is 1.65. The van der Waals surface area contributed by atoms with Crippen molar-refractivity contribution < 1.29 is 14.3 Å². The minimum Gasteiger partial charge on any atom is -0.486 e. The van der Waals surface area contributed by atoms with Gasteiger partial charge in [-0.15, -0.1) is 11.3 Å². The van der Waals surface area contributed by atoms with Crippen LogP contribution in [0, 0.1) is 0 Å². The summed E-state index contributed by atoms with van der Waals surface area (Å²) in [5.41, 5.74) is 2.00. The number of nitrogens with one attached hydrogen (secondary N) is 1. The molecule has 0 saturated heterocycles. The third-order valence-corrected chi connectivity index (χ3v) is 5.44. The Balaban J connectivity index is 1.35. The number of fused-ring (bicyclic) bond motifs is 2. The lowest BCUT2D eigenvalue weighted by molar-refractivity contribution is -0.121. The van der Waals surface area contributed by atoms with Crippen LogP contribution in [0.5, 0.6) is 11.5 Å². The molecule has 4 rings (SSSR count). The van der Waals surface area contributed by atoms with E-state index in [1.807, 2.05) is 43.3 Å². The van der Waals surface area contributed by atoms with Gasteiger partial charge in [-0.25, -0.2) is 4.98 Å². The average Bonchev–Trinajstić information content (AvgIpc) is 3.09. The Morgan fingerprint density at radius 3 is 2.85 bits per heavy atom. The van der Waals surface area contributed by atoms with Gasteiger partial charge in [0.1, 0.15) is 13.2 Å². The number of nitrogens with zero attached hydrogens (tertiary/aromatic N) is 1. The summed E-state index contributed by atoms with van der Waals surface area (Å²) in [7, 11) is 0. The molecule has 0 spiro atoms. The second-order valence-electron chi connectivity index (χ2n) is 6.27. The fourth-order valence-corrected chi connectivity index (χ4v) is 3.94. The highest BCUT2D eigenvalue weighted by Crippen LogP contribution is 2.32. The molecule has 0 saturated carbocycles. The first-order valence-electron chi connectivity index (χ1n) is 8.72. The van der Waals surface area contributed by atoms with Crippen molar-refractivity contribution in [3.05, 3.63) is 53.0 Å². The molecular weight excluding hydrogens is 348 g/mol. The van der Waals surface area contributed by atoms with Crippen LogP contribution in [0.15, 0.2) is 42.5 Å². The van der Waals surface area contributed by atoms with Gasteiger partial charge in [0.25, 0.3) is 0 Å². The van der Waals surface area contributed by atoms with Gasteiger partial charge in [0, 0.05) is 12.8 Å². The molecule has 26 heavy (non-hydrogen) atoms. The van der Waals surface area contributed by atoms with Crippen LogP contribution in [0.3, 0.4) is 0 Å². The van der Waals surface area contributed by atoms with Gasteiger partial charge in [-0.2, -0.15) is 0 Å². The van der Waals surface area contributed by atoms with Gasteiger partial charge >= 0.3 is 0 Å². The first kappa shape index (κ1) is 16.8. The summed E-state index contributed by atoms with van der Waals surface area (Å²) in [6, 6.07) is 13.8. The van der Waals surface area contributed by atoms with Gasteiger partial charge in [-0.05, 0) is 36.8 Å². The van der Waals surface area contributed by atoms with Gasteiger partial charge in [0.05, 0.1) is 21.3 Å². The van der Waals surface area contributed by atoms with Crippen molar-refractivity contribution in [3.63, 3.8) is 0 Å². The molecule has 1 amide bonds. The Labute approximate surface area is 156 Å². The number of carbonyl (C=O) groups excluding carboxylic acids is 1. The van der Waals surface area contributed by atoms with Crippen LogP contribution in [0.2, 0.25) is 0 Å². The number of ether oxygens (including phenoxy) is 2. The van der Waals surface area contributed by atoms with E-state index in [0.717, 1.165) is 32.3 Å². The van der Waals surface area contributed by atoms with Crippen molar-refractivity contribution in [2.75, 3.05) is 13.2 Å². The summed E-state index contributed by atoms with van der Waals surface area (Å²) in [6.07, 6.45) is 1.08. The normalized spacial score (nSPS) is 14.2. The Bertz CT molecular complexity index is 905. The molecule has 0 aliphatic carbocycles. The SMILES string of the molecule is C[C@@H](NC(=O)CCc1nc2ccccc2s1)c1ccc2c(c1)OCCO2. The highest BCUT2D eigenvalue weighted by Gasteiger charge is 2.16. The van der Waals surface area contributed by atoms with Crippen LogP contribution in [0.4, 0.5) is 0 Å². The van der Waals surface area contributed by atoms with Crippen molar-refractivity contribution >= 4 is 27.5 Å². The van der Waals surface area contributed by atoms with E-state index >= 15 is 0 Å². The maximum Gasteiger partial charge on any atom is 0.220 e. The van der Waals surface area contributed by atoms with Crippen molar-refractivity contribution in [1.82, 2.24) is 10.3 Å². The summed E-state index contributed by atoms with van der Waals surface area (Å²) in [6.45, 7) is 3.10. The predicted molar refractivity (Wildman–Crippen MR) is 102 cm³/mol. The van der Waals surface area contributed by atoms with Gasteiger partial charge in [-0.3, -0.25) is 4.79 Å². The molecule has 134 valence electrons. The fourth-order valence-electron chi connectivity index (χ4n) is 2.97. The molecule has 1 N–H and O–H groups in total. The Morgan fingerprint density at radius 2 is 2.00 bits per heavy atom. The van der Waals surface area contributed by atoms with Crippen molar-refractivity contribution in [1.29, 1.82) is 0 Å². The van der Waals surface area contributed by atoms with Crippen LogP contribution in [0.1, 0.15) is 30.0 Å². The molecule has 1 atom stereocenters. The molecule has 1 aliphatic heterocycles. The number of aromatic nitrogens is 1.